The summed E-state index contributed by atoms with van der Waals surface area (Å²) in [4.78, 5) is 0. The second-order valence-electron chi connectivity index (χ2n) is 11.9. The first kappa shape index (κ1) is 25.7. The number of nitriles is 1. The van der Waals surface area contributed by atoms with E-state index >= 15 is 0 Å². The number of quaternary nitrogens is 1. The van der Waals surface area contributed by atoms with Crippen molar-refractivity contribution in [1.29, 1.82) is 5.26 Å². The van der Waals surface area contributed by atoms with Crippen molar-refractivity contribution in [1.82, 2.24) is 0 Å². The normalized spacial score (nSPS) is 12.1. The third-order valence-corrected chi connectivity index (χ3v) is 7.67. The maximum absolute atomic E-state index is 11.4. The number of nitrogens with zero attached hydrogens (tertiary/aromatic N) is 2. The highest BCUT2D eigenvalue weighted by molar-refractivity contribution is 7.18. The SMILES string of the molecule is Cc1cc(C)c([B-](C#N)(c2c(C)cc(C)cc2C)c2cccc3cccc(C[N+](C)(C)C)c23)c(C)c1. The van der Waals surface area contributed by atoms with Crippen molar-refractivity contribution >= 4 is 33.3 Å². The molecule has 0 heterocycles. The fourth-order valence-electron chi connectivity index (χ4n) is 6.86. The van der Waals surface area contributed by atoms with Crippen LogP contribution in [0.1, 0.15) is 38.9 Å². The molecule has 0 N–H and O–H groups in total. The summed E-state index contributed by atoms with van der Waals surface area (Å²) in [5, 5.41) is 13.9. The molecule has 0 fully saturated rings. The molecule has 0 saturated carbocycles. The minimum Gasteiger partial charge on any atom is -0.327 e. The van der Waals surface area contributed by atoms with Crippen molar-refractivity contribution in [3.8, 4) is 5.97 Å². The fraction of sp³-hybridized carbons (Fsp3) is 0.303. The van der Waals surface area contributed by atoms with Crippen LogP contribution in [-0.2, 0) is 6.54 Å². The molecular formula is C33H39BN2. The molecule has 0 aliphatic carbocycles. The van der Waals surface area contributed by atoms with Crippen LogP contribution < -0.4 is 16.4 Å². The quantitative estimate of drug-likeness (QED) is 0.280. The summed E-state index contributed by atoms with van der Waals surface area (Å²) in [5.74, 6) is 3.01. The first-order chi connectivity index (χ1) is 16.9. The van der Waals surface area contributed by atoms with E-state index in [2.05, 4.69) is 129 Å². The molecule has 0 amide bonds. The molecule has 4 aromatic carbocycles. The minimum atomic E-state index is -1.91. The Morgan fingerprint density at radius 3 is 1.56 bits per heavy atom. The third-order valence-electron chi connectivity index (χ3n) is 7.67. The Bertz CT molecular complexity index is 1410. The zero-order chi connectivity index (χ0) is 26.4. The summed E-state index contributed by atoms with van der Waals surface area (Å²) in [7, 11) is 6.69. The topological polar surface area (TPSA) is 23.8 Å². The smallest absolute Gasteiger partial charge is 0.184 e. The van der Waals surface area contributed by atoms with Crippen LogP contribution >= 0.6 is 0 Å². The first-order valence-corrected chi connectivity index (χ1v) is 12.9. The summed E-state index contributed by atoms with van der Waals surface area (Å²) in [5.41, 5.74) is 12.0. The van der Waals surface area contributed by atoms with Crippen molar-refractivity contribution in [3.05, 3.63) is 99.6 Å². The average molecular weight is 475 g/mol. The zero-order valence-corrected chi connectivity index (χ0v) is 23.5. The summed E-state index contributed by atoms with van der Waals surface area (Å²) < 4.78 is 0.825. The number of hydrogen-bond acceptors (Lipinski definition) is 1. The lowest BCUT2D eigenvalue weighted by molar-refractivity contribution is -0.883. The first-order valence-electron chi connectivity index (χ1n) is 12.9. The molecule has 36 heavy (non-hydrogen) atoms. The molecule has 0 spiro atoms. The molecule has 0 bridgehead atoms. The van der Waals surface area contributed by atoms with Gasteiger partial charge in [-0.25, -0.2) is 5.26 Å². The Balaban J connectivity index is 2.28. The van der Waals surface area contributed by atoms with Gasteiger partial charge in [0, 0.05) is 5.56 Å². The molecule has 184 valence electrons. The molecule has 0 saturated heterocycles. The molecule has 3 heteroatoms. The maximum atomic E-state index is 11.4. The van der Waals surface area contributed by atoms with Gasteiger partial charge in [-0.1, -0.05) is 94.0 Å². The van der Waals surface area contributed by atoms with Gasteiger partial charge in [0.1, 0.15) is 6.54 Å². The number of aryl methyl sites for hydroxylation is 6. The Hall–Kier alpha value is -3.35. The summed E-state index contributed by atoms with van der Waals surface area (Å²) in [6.07, 6.45) is -1.91. The molecular weight excluding hydrogens is 435 g/mol. The van der Waals surface area contributed by atoms with Crippen molar-refractivity contribution in [2.45, 2.75) is 48.1 Å². The maximum Gasteiger partial charge on any atom is 0.184 e. The van der Waals surface area contributed by atoms with Gasteiger partial charge in [-0.15, -0.1) is 5.97 Å². The van der Waals surface area contributed by atoms with Crippen LogP contribution in [-0.4, -0.2) is 31.8 Å². The summed E-state index contributed by atoms with van der Waals surface area (Å²) in [6, 6.07) is 22.1. The van der Waals surface area contributed by atoms with E-state index in [1.54, 1.807) is 0 Å². The molecule has 2 nitrogen and oxygen atoms in total. The number of benzene rings is 4. The Labute approximate surface area is 217 Å². The fourth-order valence-corrected chi connectivity index (χ4v) is 6.86. The molecule has 0 radical (unpaired) electrons. The Kier molecular flexibility index (Phi) is 6.63. The van der Waals surface area contributed by atoms with E-state index in [0.717, 1.165) is 16.5 Å². The van der Waals surface area contributed by atoms with Crippen molar-refractivity contribution < 1.29 is 4.48 Å². The van der Waals surface area contributed by atoms with Crippen LogP contribution in [0.25, 0.3) is 10.8 Å². The van der Waals surface area contributed by atoms with Crippen LogP contribution in [0.2, 0.25) is 0 Å². The van der Waals surface area contributed by atoms with Gasteiger partial charge in [0.05, 0.1) is 21.1 Å². The van der Waals surface area contributed by atoms with Crippen molar-refractivity contribution in [2.75, 3.05) is 21.1 Å². The monoisotopic (exact) mass is 474 g/mol. The van der Waals surface area contributed by atoms with Gasteiger partial charge in [0.15, 0.2) is 6.15 Å². The number of fused-ring (bicyclic) bond motifs is 1. The van der Waals surface area contributed by atoms with Crippen LogP contribution in [0.5, 0.6) is 0 Å². The molecule has 0 unspecified atom stereocenters. The summed E-state index contributed by atoms with van der Waals surface area (Å²) in [6.45, 7) is 13.9. The Morgan fingerprint density at radius 1 is 0.694 bits per heavy atom. The van der Waals surface area contributed by atoms with Crippen LogP contribution in [0, 0.1) is 52.8 Å². The zero-order valence-electron chi connectivity index (χ0n) is 23.5. The number of rotatable bonds is 5. The van der Waals surface area contributed by atoms with Crippen LogP contribution in [0.3, 0.4) is 0 Å². The van der Waals surface area contributed by atoms with Gasteiger partial charge in [-0.2, -0.15) is 16.4 Å². The molecule has 0 atom stereocenters. The lowest BCUT2D eigenvalue weighted by Gasteiger charge is -2.43. The van der Waals surface area contributed by atoms with E-state index in [9.17, 15) is 5.26 Å². The molecule has 0 aromatic heterocycles. The predicted octanol–water partition coefficient (Wildman–Crippen LogP) is 5.43. The van der Waals surface area contributed by atoms with Gasteiger partial charge >= 0.3 is 0 Å². The average Bonchev–Trinajstić information content (AvgIpc) is 2.75. The highest BCUT2D eigenvalue weighted by atomic mass is 15.3. The highest BCUT2D eigenvalue weighted by Crippen LogP contribution is 2.26. The van der Waals surface area contributed by atoms with E-state index in [1.165, 1.54) is 60.6 Å². The van der Waals surface area contributed by atoms with Gasteiger partial charge in [0.2, 0.25) is 0 Å². The second-order valence-corrected chi connectivity index (χ2v) is 11.9. The lowest BCUT2D eigenvalue weighted by Crippen LogP contribution is -2.69. The van der Waals surface area contributed by atoms with Crippen LogP contribution in [0.4, 0.5) is 0 Å². The van der Waals surface area contributed by atoms with Gasteiger partial charge in [-0.05, 0) is 52.3 Å². The van der Waals surface area contributed by atoms with E-state index < -0.39 is 6.15 Å². The van der Waals surface area contributed by atoms with Gasteiger partial charge in [-0.3, -0.25) is 0 Å². The molecule has 4 rings (SSSR count). The molecule has 0 aliphatic heterocycles. The third kappa shape index (κ3) is 4.36. The second kappa shape index (κ2) is 9.27. The van der Waals surface area contributed by atoms with E-state index in [4.69, 9.17) is 0 Å². The largest absolute Gasteiger partial charge is 0.327 e. The van der Waals surface area contributed by atoms with Crippen molar-refractivity contribution in [2.24, 2.45) is 0 Å². The number of hydrogen-bond donors (Lipinski definition) is 0. The molecule has 0 aliphatic rings. The van der Waals surface area contributed by atoms with E-state index in [-0.39, 0.29) is 0 Å². The van der Waals surface area contributed by atoms with Crippen LogP contribution in [0.15, 0.2) is 60.7 Å². The lowest BCUT2D eigenvalue weighted by atomic mass is 9.14. The standard InChI is InChI=1S/C33H39BN2/c1-22-16-24(3)32(25(4)17-22)34(21-35,33-26(5)18-23(2)19-27(33)6)30-15-11-13-28-12-10-14-29(31(28)30)20-36(7,8)9/h10-19H,20H2,1-9H3. The van der Waals surface area contributed by atoms with E-state index in [0.29, 0.717) is 0 Å². The van der Waals surface area contributed by atoms with E-state index in [1.807, 2.05) is 0 Å². The van der Waals surface area contributed by atoms with Gasteiger partial charge in [0.25, 0.3) is 0 Å². The molecule has 4 aromatic rings. The Morgan fingerprint density at radius 2 is 1.14 bits per heavy atom. The predicted molar refractivity (Wildman–Crippen MR) is 157 cm³/mol. The summed E-state index contributed by atoms with van der Waals surface area (Å²) >= 11 is 0. The highest BCUT2D eigenvalue weighted by Gasteiger charge is 2.37. The minimum absolute atomic E-state index is 0.825. The van der Waals surface area contributed by atoms with Crippen molar-refractivity contribution in [3.63, 3.8) is 0 Å². The van der Waals surface area contributed by atoms with Gasteiger partial charge < -0.3 is 4.48 Å².